The number of hydrogen-bond donors (Lipinski definition) is 2. The van der Waals surface area contributed by atoms with Crippen molar-refractivity contribution in [1.82, 2.24) is 0 Å². The van der Waals surface area contributed by atoms with Gasteiger partial charge in [-0.05, 0) is 36.5 Å². The van der Waals surface area contributed by atoms with Gasteiger partial charge in [0, 0.05) is 16.4 Å². The van der Waals surface area contributed by atoms with E-state index >= 15 is 0 Å². The first kappa shape index (κ1) is 14.9. The summed E-state index contributed by atoms with van der Waals surface area (Å²) < 4.78 is 13.8. The molecule has 2 nitrogen and oxygen atoms in total. The van der Waals surface area contributed by atoms with E-state index < -0.39 is 6.10 Å². The molecule has 0 radical (unpaired) electrons. The van der Waals surface area contributed by atoms with E-state index in [1.165, 1.54) is 12.1 Å². The molecule has 1 aromatic carbocycles. The molecule has 3 N–H and O–H groups in total. The van der Waals surface area contributed by atoms with Crippen LogP contribution in [-0.2, 0) is 0 Å². The quantitative estimate of drug-likeness (QED) is 0.886. The van der Waals surface area contributed by atoms with Gasteiger partial charge in [-0.3, -0.25) is 0 Å². The van der Waals surface area contributed by atoms with Crippen LogP contribution in [0.2, 0.25) is 0 Å². The number of aliphatic hydroxyl groups is 1. The van der Waals surface area contributed by atoms with Gasteiger partial charge in [0.05, 0.1) is 6.10 Å². The van der Waals surface area contributed by atoms with E-state index in [1.54, 1.807) is 6.07 Å². The second-order valence-corrected chi connectivity index (χ2v) is 6.67. The van der Waals surface area contributed by atoms with E-state index in [0.717, 1.165) is 31.2 Å². The summed E-state index contributed by atoms with van der Waals surface area (Å²) >= 11 is 3.34. The fraction of sp³-hybridized carbons (Fsp3) is 0.600. The molecule has 0 spiro atoms. The van der Waals surface area contributed by atoms with Crippen LogP contribution in [0.15, 0.2) is 22.7 Å². The summed E-state index contributed by atoms with van der Waals surface area (Å²) in [5, 5.41) is 10.7. The van der Waals surface area contributed by atoms with Crippen LogP contribution >= 0.6 is 15.9 Å². The molecule has 0 saturated heterocycles. The summed E-state index contributed by atoms with van der Waals surface area (Å²) in [6, 6.07) is 4.44. The molecule has 0 heterocycles. The van der Waals surface area contributed by atoms with Crippen molar-refractivity contribution >= 4 is 15.9 Å². The highest BCUT2D eigenvalue weighted by molar-refractivity contribution is 9.10. The van der Waals surface area contributed by atoms with Crippen molar-refractivity contribution in [2.45, 2.75) is 38.7 Å². The highest BCUT2D eigenvalue weighted by atomic mass is 79.9. The SMILES string of the molecule is CC1CCC(CN)(C(O)c2ccc(F)cc2Br)CC1. The van der Waals surface area contributed by atoms with Crippen molar-refractivity contribution in [3.63, 3.8) is 0 Å². The largest absolute Gasteiger partial charge is 0.388 e. The Kier molecular flexibility index (Phi) is 4.64. The van der Waals surface area contributed by atoms with E-state index in [0.29, 0.717) is 16.9 Å². The third-order valence-electron chi connectivity index (χ3n) is 4.51. The Morgan fingerprint density at radius 1 is 1.47 bits per heavy atom. The van der Waals surface area contributed by atoms with Crippen LogP contribution in [0, 0.1) is 17.2 Å². The molecular formula is C15H21BrFNO. The van der Waals surface area contributed by atoms with E-state index in [-0.39, 0.29) is 11.2 Å². The fourth-order valence-electron chi connectivity index (χ4n) is 2.98. The second kappa shape index (κ2) is 5.90. The number of rotatable bonds is 3. The zero-order valence-corrected chi connectivity index (χ0v) is 12.8. The lowest BCUT2D eigenvalue weighted by atomic mass is 9.66. The minimum Gasteiger partial charge on any atom is -0.388 e. The molecule has 1 aromatic rings. The summed E-state index contributed by atoms with van der Waals surface area (Å²) in [5.41, 5.74) is 6.42. The number of hydrogen-bond acceptors (Lipinski definition) is 2. The molecule has 1 aliphatic rings. The third-order valence-corrected chi connectivity index (χ3v) is 5.20. The lowest BCUT2D eigenvalue weighted by molar-refractivity contribution is -0.00865. The van der Waals surface area contributed by atoms with Gasteiger partial charge in [0.1, 0.15) is 5.82 Å². The van der Waals surface area contributed by atoms with Crippen molar-refractivity contribution in [3.05, 3.63) is 34.1 Å². The Morgan fingerprint density at radius 3 is 2.63 bits per heavy atom. The van der Waals surface area contributed by atoms with Crippen LogP contribution in [0.5, 0.6) is 0 Å². The fourth-order valence-corrected chi connectivity index (χ4v) is 3.55. The number of halogens is 2. The molecule has 19 heavy (non-hydrogen) atoms. The highest BCUT2D eigenvalue weighted by Crippen LogP contribution is 2.48. The highest BCUT2D eigenvalue weighted by Gasteiger charge is 2.40. The van der Waals surface area contributed by atoms with Gasteiger partial charge in [0.25, 0.3) is 0 Å². The summed E-state index contributed by atoms with van der Waals surface area (Å²) in [6.45, 7) is 2.70. The molecule has 106 valence electrons. The molecular weight excluding hydrogens is 309 g/mol. The van der Waals surface area contributed by atoms with E-state index in [4.69, 9.17) is 5.73 Å². The number of nitrogens with two attached hydrogens (primary N) is 1. The molecule has 0 bridgehead atoms. The Hall–Kier alpha value is -0.450. The summed E-state index contributed by atoms with van der Waals surface area (Å²) in [4.78, 5) is 0. The van der Waals surface area contributed by atoms with Crippen LogP contribution in [0.25, 0.3) is 0 Å². The molecule has 1 atom stereocenters. The van der Waals surface area contributed by atoms with Crippen LogP contribution in [0.4, 0.5) is 4.39 Å². The molecule has 1 fully saturated rings. The van der Waals surface area contributed by atoms with Crippen molar-refractivity contribution in [3.8, 4) is 0 Å². The minimum atomic E-state index is -0.639. The lowest BCUT2D eigenvalue weighted by Crippen LogP contribution is -2.40. The lowest BCUT2D eigenvalue weighted by Gasteiger charge is -2.42. The normalized spacial score (nSPS) is 29.2. The molecule has 1 aliphatic carbocycles. The maximum absolute atomic E-state index is 13.1. The zero-order chi connectivity index (χ0) is 14.0. The number of aliphatic hydroxyl groups excluding tert-OH is 1. The van der Waals surface area contributed by atoms with Crippen LogP contribution in [0.3, 0.4) is 0 Å². The van der Waals surface area contributed by atoms with Crippen molar-refractivity contribution < 1.29 is 9.50 Å². The van der Waals surface area contributed by atoms with Crippen molar-refractivity contribution in [2.24, 2.45) is 17.1 Å². The average molecular weight is 330 g/mol. The topological polar surface area (TPSA) is 46.2 Å². The molecule has 1 saturated carbocycles. The zero-order valence-electron chi connectivity index (χ0n) is 11.2. The first-order valence-corrected chi connectivity index (χ1v) is 7.61. The Labute approximate surface area is 122 Å². The maximum atomic E-state index is 13.1. The van der Waals surface area contributed by atoms with Crippen molar-refractivity contribution in [2.75, 3.05) is 6.54 Å². The van der Waals surface area contributed by atoms with Crippen LogP contribution < -0.4 is 5.73 Å². The number of benzene rings is 1. The maximum Gasteiger partial charge on any atom is 0.124 e. The Balaban J connectivity index is 2.27. The second-order valence-electron chi connectivity index (χ2n) is 5.82. The molecule has 2 rings (SSSR count). The van der Waals surface area contributed by atoms with Gasteiger partial charge in [-0.1, -0.05) is 41.8 Å². The summed E-state index contributed by atoms with van der Waals surface area (Å²) in [5.74, 6) is 0.394. The van der Waals surface area contributed by atoms with Gasteiger partial charge in [-0.2, -0.15) is 0 Å². The Bertz CT molecular complexity index is 444. The smallest absolute Gasteiger partial charge is 0.124 e. The first-order valence-electron chi connectivity index (χ1n) is 6.81. The van der Waals surface area contributed by atoms with Gasteiger partial charge in [-0.15, -0.1) is 0 Å². The van der Waals surface area contributed by atoms with E-state index in [1.807, 2.05) is 0 Å². The molecule has 0 aliphatic heterocycles. The monoisotopic (exact) mass is 329 g/mol. The van der Waals surface area contributed by atoms with E-state index in [9.17, 15) is 9.50 Å². The molecule has 1 unspecified atom stereocenters. The minimum absolute atomic E-state index is 0.271. The predicted molar refractivity (Wildman–Crippen MR) is 78.2 cm³/mol. The predicted octanol–water partition coefficient (Wildman–Crippen LogP) is 3.78. The van der Waals surface area contributed by atoms with Crippen LogP contribution in [0.1, 0.15) is 44.3 Å². The third kappa shape index (κ3) is 3.01. The summed E-state index contributed by atoms with van der Waals surface area (Å²) in [6.07, 6.45) is 3.39. The van der Waals surface area contributed by atoms with Gasteiger partial charge >= 0.3 is 0 Å². The van der Waals surface area contributed by atoms with Crippen molar-refractivity contribution in [1.29, 1.82) is 0 Å². The first-order chi connectivity index (χ1) is 8.98. The summed E-state index contributed by atoms with van der Waals surface area (Å²) in [7, 11) is 0. The van der Waals surface area contributed by atoms with Crippen LogP contribution in [-0.4, -0.2) is 11.7 Å². The van der Waals surface area contributed by atoms with Gasteiger partial charge in [0.15, 0.2) is 0 Å². The van der Waals surface area contributed by atoms with Gasteiger partial charge in [0.2, 0.25) is 0 Å². The molecule has 0 amide bonds. The average Bonchev–Trinajstić information content (AvgIpc) is 2.39. The van der Waals surface area contributed by atoms with Gasteiger partial charge < -0.3 is 10.8 Å². The standard InChI is InChI=1S/C15H21BrFNO/c1-10-4-6-15(9-18,7-5-10)14(19)12-3-2-11(17)8-13(12)16/h2-3,8,10,14,19H,4-7,9,18H2,1H3. The Morgan fingerprint density at radius 2 is 2.11 bits per heavy atom. The molecule has 0 aromatic heterocycles. The van der Waals surface area contributed by atoms with Gasteiger partial charge in [-0.25, -0.2) is 4.39 Å². The molecule has 4 heteroatoms. The van der Waals surface area contributed by atoms with E-state index in [2.05, 4.69) is 22.9 Å².